The number of benzene rings is 3. The maximum Gasteiger partial charge on any atom is 0.230 e. The van der Waals surface area contributed by atoms with Gasteiger partial charge in [-0.3, -0.25) is 4.79 Å². The van der Waals surface area contributed by atoms with Crippen LogP contribution in [-0.4, -0.2) is 37.3 Å². The first kappa shape index (κ1) is 21.1. The van der Waals surface area contributed by atoms with Gasteiger partial charge in [-0.2, -0.15) is 0 Å². The molecule has 2 N–H and O–H groups in total. The highest BCUT2D eigenvalue weighted by Gasteiger charge is 2.19. The van der Waals surface area contributed by atoms with Gasteiger partial charge in [-0.1, -0.05) is 48.5 Å². The molecule has 4 aromatic rings. The molecule has 1 heterocycles. The lowest BCUT2D eigenvalue weighted by Crippen LogP contribution is -2.30. The maximum atomic E-state index is 12.6. The summed E-state index contributed by atoms with van der Waals surface area (Å²) in [6.07, 6.45) is 2.07. The number of hydrogen-bond donors (Lipinski definition) is 2. The molecule has 1 unspecified atom stereocenters. The number of thioether (sulfide) groups is 1. The topological polar surface area (TPSA) is 48.1 Å². The second kappa shape index (κ2) is 9.75. The third-order valence-corrected chi connectivity index (χ3v) is 6.44. The highest BCUT2D eigenvalue weighted by atomic mass is 32.2. The van der Waals surface area contributed by atoms with Crippen molar-refractivity contribution in [3.8, 4) is 0 Å². The third kappa shape index (κ3) is 5.12. The standard InChI is InChI=1S/C26H27N3OS/c1-29(2)20-14-12-19(13-15-20)23(24-17-27-25-11-7-6-10-22(24)25)16-28-26(30)18-31-21-8-4-3-5-9-21/h3-15,17,23,27H,16,18H2,1-2H3,(H,28,30). The molecule has 158 valence electrons. The van der Waals surface area contributed by atoms with Crippen LogP contribution in [0, 0.1) is 0 Å². The average molecular weight is 430 g/mol. The molecule has 3 aromatic carbocycles. The lowest BCUT2D eigenvalue weighted by atomic mass is 9.90. The third-order valence-electron chi connectivity index (χ3n) is 5.43. The molecule has 0 bridgehead atoms. The molecule has 5 heteroatoms. The minimum absolute atomic E-state index is 0.0450. The Kier molecular flexibility index (Phi) is 6.63. The van der Waals surface area contributed by atoms with Crippen LogP contribution < -0.4 is 10.2 Å². The van der Waals surface area contributed by atoms with Gasteiger partial charge in [0.1, 0.15) is 0 Å². The summed E-state index contributed by atoms with van der Waals surface area (Å²) in [6, 6.07) is 26.9. The smallest absolute Gasteiger partial charge is 0.230 e. The number of H-pyrrole nitrogens is 1. The van der Waals surface area contributed by atoms with Crippen molar-refractivity contribution in [2.45, 2.75) is 10.8 Å². The average Bonchev–Trinajstić information content (AvgIpc) is 3.23. The first-order valence-corrected chi connectivity index (χ1v) is 11.4. The largest absolute Gasteiger partial charge is 0.378 e. The summed E-state index contributed by atoms with van der Waals surface area (Å²) < 4.78 is 0. The molecular weight excluding hydrogens is 402 g/mol. The van der Waals surface area contributed by atoms with Crippen molar-refractivity contribution in [2.24, 2.45) is 0 Å². The molecule has 4 nitrogen and oxygen atoms in total. The maximum absolute atomic E-state index is 12.6. The number of aromatic amines is 1. The van der Waals surface area contributed by atoms with Crippen molar-refractivity contribution in [1.29, 1.82) is 0 Å². The van der Waals surface area contributed by atoms with Gasteiger partial charge in [0.15, 0.2) is 0 Å². The van der Waals surface area contributed by atoms with E-state index in [1.54, 1.807) is 11.8 Å². The number of amides is 1. The molecular formula is C26H27N3OS. The number of carbonyl (C=O) groups is 1. The second-order valence-electron chi connectivity index (χ2n) is 7.73. The quantitative estimate of drug-likeness (QED) is 0.375. The minimum Gasteiger partial charge on any atom is -0.378 e. The Morgan fingerprint density at radius 1 is 0.968 bits per heavy atom. The van der Waals surface area contributed by atoms with Gasteiger partial charge in [-0.05, 0) is 41.5 Å². The molecule has 0 saturated heterocycles. The van der Waals surface area contributed by atoms with Crippen LogP contribution in [0.15, 0.2) is 90.0 Å². The fourth-order valence-electron chi connectivity index (χ4n) is 3.73. The Morgan fingerprint density at radius 2 is 1.68 bits per heavy atom. The van der Waals surface area contributed by atoms with E-state index in [1.807, 2.05) is 50.5 Å². The molecule has 0 fully saturated rings. The number of anilines is 1. The summed E-state index contributed by atoms with van der Waals surface area (Å²) in [5.74, 6) is 0.520. The van der Waals surface area contributed by atoms with E-state index < -0.39 is 0 Å². The zero-order chi connectivity index (χ0) is 21.6. The Labute approximate surface area is 187 Å². The van der Waals surface area contributed by atoms with Crippen LogP contribution in [-0.2, 0) is 4.79 Å². The number of carbonyl (C=O) groups excluding carboxylic acids is 1. The number of nitrogens with zero attached hydrogens (tertiary/aromatic N) is 1. The summed E-state index contributed by atoms with van der Waals surface area (Å²) >= 11 is 1.56. The van der Waals surface area contributed by atoms with Gasteiger partial charge >= 0.3 is 0 Å². The van der Waals surface area contributed by atoms with Crippen LogP contribution in [0.1, 0.15) is 17.0 Å². The summed E-state index contributed by atoms with van der Waals surface area (Å²) in [7, 11) is 4.08. The van der Waals surface area contributed by atoms with Crippen LogP contribution in [0.25, 0.3) is 10.9 Å². The van der Waals surface area contributed by atoms with E-state index >= 15 is 0 Å². The van der Waals surface area contributed by atoms with Gasteiger partial charge in [0, 0.05) is 54.2 Å². The predicted molar refractivity (Wildman–Crippen MR) is 131 cm³/mol. The van der Waals surface area contributed by atoms with E-state index in [1.165, 1.54) is 16.5 Å². The van der Waals surface area contributed by atoms with Crippen molar-refractivity contribution < 1.29 is 4.79 Å². The van der Waals surface area contributed by atoms with Crippen LogP contribution >= 0.6 is 11.8 Å². The van der Waals surface area contributed by atoms with E-state index in [0.29, 0.717) is 12.3 Å². The minimum atomic E-state index is 0.0450. The summed E-state index contributed by atoms with van der Waals surface area (Å²) in [5, 5.41) is 4.35. The van der Waals surface area contributed by atoms with Crippen LogP contribution in [0.5, 0.6) is 0 Å². The van der Waals surface area contributed by atoms with E-state index in [-0.39, 0.29) is 11.8 Å². The van der Waals surface area contributed by atoms with Crippen molar-refractivity contribution in [2.75, 3.05) is 31.3 Å². The van der Waals surface area contributed by atoms with Gasteiger partial charge in [0.05, 0.1) is 5.75 Å². The monoisotopic (exact) mass is 429 g/mol. The fourth-order valence-corrected chi connectivity index (χ4v) is 4.48. The van der Waals surface area contributed by atoms with Crippen molar-refractivity contribution >= 4 is 34.3 Å². The van der Waals surface area contributed by atoms with Crippen LogP contribution in [0.4, 0.5) is 5.69 Å². The first-order valence-electron chi connectivity index (χ1n) is 10.4. The van der Waals surface area contributed by atoms with Crippen molar-refractivity contribution in [3.63, 3.8) is 0 Å². The van der Waals surface area contributed by atoms with Crippen LogP contribution in [0.2, 0.25) is 0 Å². The lowest BCUT2D eigenvalue weighted by Gasteiger charge is -2.20. The molecule has 0 aliphatic rings. The molecule has 0 radical (unpaired) electrons. The molecule has 4 rings (SSSR count). The van der Waals surface area contributed by atoms with E-state index in [4.69, 9.17) is 0 Å². The Balaban J connectivity index is 1.53. The second-order valence-corrected chi connectivity index (χ2v) is 8.78. The summed E-state index contributed by atoms with van der Waals surface area (Å²) in [4.78, 5) is 19.2. The Morgan fingerprint density at radius 3 is 2.42 bits per heavy atom. The van der Waals surface area contributed by atoms with E-state index in [9.17, 15) is 4.79 Å². The highest BCUT2D eigenvalue weighted by molar-refractivity contribution is 8.00. The zero-order valence-corrected chi connectivity index (χ0v) is 18.7. The Hall–Kier alpha value is -3.18. The Bertz CT molecular complexity index is 1140. The van der Waals surface area contributed by atoms with Gasteiger partial charge < -0.3 is 15.2 Å². The van der Waals surface area contributed by atoms with Crippen molar-refractivity contribution in [1.82, 2.24) is 10.3 Å². The van der Waals surface area contributed by atoms with Gasteiger partial charge in [-0.25, -0.2) is 0 Å². The molecule has 31 heavy (non-hydrogen) atoms. The fraction of sp³-hybridized carbons (Fsp3) is 0.192. The molecule has 0 saturated carbocycles. The zero-order valence-electron chi connectivity index (χ0n) is 17.8. The summed E-state index contributed by atoms with van der Waals surface area (Å²) in [5.41, 5.74) is 4.65. The SMILES string of the molecule is CN(C)c1ccc(C(CNC(=O)CSc2ccccc2)c2c[nH]c3ccccc23)cc1. The molecule has 0 aliphatic carbocycles. The predicted octanol–water partition coefficient (Wildman–Crippen LogP) is 5.27. The number of rotatable bonds is 8. The highest BCUT2D eigenvalue weighted by Crippen LogP contribution is 2.31. The number of para-hydroxylation sites is 1. The number of fused-ring (bicyclic) bond motifs is 1. The molecule has 0 spiro atoms. The molecule has 1 amide bonds. The molecule has 1 atom stereocenters. The van der Waals surface area contributed by atoms with E-state index in [2.05, 4.69) is 63.9 Å². The number of aromatic nitrogens is 1. The molecule has 0 aliphatic heterocycles. The van der Waals surface area contributed by atoms with Gasteiger partial charge in [-0.15, -0.1) is 11.8 Å². The van der Waals surface area contributed by atoms with Crippen molar-refractivity contribution in [3.05, 3.63) is 96.2 Å². The summed E-state index contributed by atoms with van der Waals surface area (Å²) in [6.45, 7) is 0.553. The van der Waals surface area contributed by atoms with E-state index in [0.717, 1.165) is 16.1 Å². The van der Waals surface area contributed by atoms with Gasteiger partial charge in [0.2, 0.25) is 5.91 Å². The lowest BCUT2D eigenvalue weighted by molar-refractivity contribution is -0.118. The number of nitrogens with one attached hydrogen (secondary N) is 2. The van der Waals surface area contributed by atoms with Gasteiger partial charge in [0.25, 0.3) is 0 Å². The molecule has 1 aromatic heterocycles. The number of hydrogen-bond acceptors (Lipinski definition) is 3. The normalized spacial score (nSPS) is 11.9. The van der Waals surface area contributed by atoms with Crippen LogP contribution in [0.3, 0.4) is 0 Å². The first-order chi connectivity index (χ1) is 15.1.